The molecule has 3 heteroatoms. The van der Waals surface area contributed by atoms with E-state index in [1.807, 2.05) is 39.6 Å². The van der Waals surface area contributed by atoms with Crippen LogP contribution in [0.5, 0.6) is 0 Å². The van der Waals surface area contributed by atoms with Crippen LogP contribution >= 0.6 is 0 Å². The van der Waals surface area contributed by atoms with Crippen molar-refractivity contribution in [1.29, 1.82) is 0 Å². The molecule has 0 fully saturated rings. The summed E-state index contributed by atoms with van der Waals surface area (Å²) in [6.07, 6.45) is 3.37. The number of carbonyl (C=O) groups is 1. The fourth-order valence-corrected chi connectivity index (χ4v) is 1.28. The summed E-state index contributed by atoms with van der Waals surface area (Å²) in [5.74, 6) is 0.196. The molecule has 0 aliphatic rings. The van der Waals surface area contributed by atoms with E-state index in [9.17, 15) is 4.79 Å². The maximum atomic E-state index is 11.1. The molecule has 0 aliphatic heterocycles. The zero-order valence-corrected chi connectivity index (χ0v) is 9.55. The highest BCUT2D eigenvalue weighted by molar-refractivity contribution is 6.71. The lowest BCUT2D eigenvalue weighted by Gasteiger charge is -2.15. The summed E-state index contributed by atoms with van der Waals surface area (Å²) in [4.78, 5) is 11.1. The Morgan fingerprint density at radius 2 is 1.83 bits per heavy atom. The molecule has 0 spiro atoms. The van der Waals surface area contributed by atoms with Gasteiger partial charge in [-0.15, -0.1) is 0 Å². The number of allylic oxidation sites excluding steroid dienone is 1. The lowest BCUT2D eigenvalue weighted by molar-refractivity contribution is -0.129. The first-order valence-electron chi connectivity index (χ1n) is 4.22. The molecular weight excluding hydrogens is 168 g/mol. The Morgan fingerprint density at radius 3 is 2.17 bits per heavy atom. The highest BCUT2D eigenvalue weighted by atomic mass is 28.4. The van der Waals surface area contributed by atoms with Crippen LogP contribution in [-0.2, 0) is 9.22 Å². The van der Waals surface area contributed by atoms with Gasteiger partial charge in [-0.2, -0.15) is 0 Å². The van der Waals surface area contributed by atoms with E-state index < -0.39 is 8.32 Å². The van der Waals surface area contributed by atoms with Gasteiger partial charge in [0.1, 0.15) is 0 Å². The Hall–Kier alpha value is -0.573. The van der Waals surface area contributed by atoms with Crippen LogP contribution in [0.15, 0.2) is 12.2 Å². The predicted molar refractivity (Wildman–Crippen MR) is 53.4 cm³/mol. The van der Waals surface area contributed by atoms with Crippen LogP contribution < -0.4 is 0 Å². The molecule has 70 valence electrons. The van der Waals surface area contributed by atoms with Gasteiger partial charge in [-0.1, -0.05) is 19.9 Å². The van der Waals surface area contributed by atoms with E-state index in [1.165, 1.54) is 6.08 Å². The van der Waals surface area contributed by atoms with Gasteiger partial charge in [0.05, 0.1) is 0 Å². The Bertz CT molecular complexity index is 177. The number of rotatable bonds is 3. The summed E-state index contributed by atoms with van der Waals surface area (Å²) in [5.41, 5.74) is 0. The minimum atomic E-state index is -1.69. The summed E-state index contributed by atoms with van der Waals surface area (Å²) in [5, 5.41) is 0. The topological polar surface area (TPSA) is 26.3 Å². The van der Waals surface area contributed by atoms with Gasteiger partial charge in [-0.05, 0) is 25.6 Å². The molecule has 0 radical (unpaired) electrons. The quantitative estimate of drug-likeness (QED) is 0.500. The molecule has 0 amide bonds. The lowest BCUT2D eigenvalue weighted by Crippen LogP contribution is -2.28. The van der Waals surface area contributed by atoms with E-state index in [0.717, 1.165) is 0 Å². The van der Waals surface area contributed by atoms with Crippen molar-refractivity contribution in [2.45, 2.75) is 33.5 Å². The summed E-state index contributed by atoms with van der Waals surface area (Å²) in [6.45, 7) is 10.0. The van der Waals surface area contributed by atoms with E-state index in [4.69, 9.17) is 4.43 Å². The van der Waals surface area contributed by atoms with Crippen molar-refractivity contribution in [2.75, 3.05) is 0 Å². The third-order valence-corrected chi connectivity index (χ3v) is 1.84. The molecule has 12 heavy (non-hydrogen) atoms. The first-order chi connectivity index (χ1) is 5.31. The van der Waals surface area contributed by atoms with Crippen LogP contribution in [0.3, 0.4) is 0 Å². The first-order valence-corrected chi connectivity index (χ1v) is 7.63. The molecule has 0 saturated heterocycles. The number of hydrogen-bond donors (Lipinski definition) is 0. The molecule has 0 N–H and O–H groups in total. The van der Waals surface area contributed by atoms with Gasteiger partial charge in [-0.3, -0.25) is 0 Å². The van der Waals surface area contributed by atoms with Gasteiger partial charge in [0, 0.05) is 6.08 Å². The number of carbonyl (C=O) groups excluding carboxylic acids is 1. The maximum Gasteiger partial charge on any atom is 0.317 e. The molecule has 0 aliphatic carbocycles. The lowest BCUT2D eigenvalue weighted by atomic mass is 10.2. The zero-order valence-electron chi connectivity index (χ0n) is 8.55. The normalized spacial score (nSPS) is 12.5. The van der Waals surface area contributed by atoms with E-state index in [2.05, 4.69) is 0 Å². The van der Waals surface area contributed by atoms with Crippen LogP contribution in [-0.4, -0.2) is 14.3 Å². The summed E-state index contributed by atoms with van der Waals surface area (Å²) in [7, 11) is -1.69. The Kier molecular flexibility index (Phi) is 4.24. The smallest absolute Gasteiger partial charge is 0.317 e. The molecule has 2 nitrogen and oxygen atoms in total. The molecular formula is C9H18O2Si. The van der Waals surface area contributed by atoms with Crippen molar-refractivity contribution in [3.05, 3.63) is 12.2 Å². The van der Waals surface area contributed by atoms with Gasteiger partial charge in [0.2, 0.25) is 8.32 Å². The Balaban J connectivity index is 3.91. The van der Waals surface area contributed by atoms with Crippen LogP contribution in [0, 0.1) is 5.92 Å². The van der Waals surface area contributed by atoms with Crippen LogP contribution in [0.1, 0.15) is 13.8 Å². The number of hydrogen-bond acceptors (Lipinski definition) is 2. The molecule has 0 aromatic rings. The van der Waals surface area contributed by atoms with Crippen molar-refractivity contribution in [2.24, 2.45) is 5.92 Å². The minimum Gasteiger partial charge on any atom is -0.517 e. The fourth-order valence-electron chi connectivity index (χ4n) is 0.607. The van der Waals surface area contributed by atoms with E-state index in [1.54, 1.807) is 0 Å². The van der Waals surface area contributed by atoms with Crippen molar-refractivity contribution in [1.82, 2.24) is 0 Å². The molecule has 0 bridgehead atoms. The molecule has 0 aromatic heterocycles. The first kappa shape index (κ1) is 11.4. The second-order valence-corrected chi connectivity index (χ2v) is 8.57. The van der Waals surface area contributed by atoms with Crippen molar-refractivity contribution in [3.8, 4) is 0 Å². The van der Waals surface area contributed by atoms with E-state index >= 15 is 0 Å². The monoisotopic (exact) mass is 186 g/mol. The average Bonchev–Trinajstić information content (AvgIpc) is 1.79. The molecule has 0 unspecified atom stereocenters. The summed E-state index contributed by atoms with van der Waals surface area (Å²) < 4.78 is 5.20. The molecule has 0 atom stereocenters. The van der Waals surface area contributed by atoms with Gasteiger partial charge < -0.3 is 4.43 Å². The van der Waals surface area contributed by atoms with E-state index in [0.29, 0.717) is 5.92 Å². The van der Waals surface area contributed by atoms with Gasteiger partial charge in [0.15, 0.2) is 0 Å². The minimum absolute atomic E-state index is 0.206. The Labute approximate surface area is 75.7 Å². The summed E-state index contributed by atoms with van der Waals surface area (Å²) >= 11 is 0. The second-order valence-electron chi connectivity index (χ2n) is 4.14. The zero-order chi connectivity index (χ0) is 9.78. The molecule has 0 aromatic carbocycles. The van der Waals surface area contributed by atoms with Crippen molar-refractivity contribution < 1.29 is 9.22 Å². The molecule has 0 saturated carbocycles. The van der Waals surface area contributed by atoms with Crippen molar-refractivity contribution >= 4 is 14.3 Å². The third-order valence-electron chi connectivity index (χ3n) is 1.02. The second kappa shape index (κ2) is 4.45. The van der Waals surface area contributed by atoms with Crippen molar-refractivity contribution in [3.63, 3.8) is 0 Å². The average molecular weight is 186 g/mol. The fraction of sp³-hybridized carbons (Fsp3) is 0.667. The Morgan fingerprint density at radius 1 is 1.33 bits per heavy atom. The van der Waals surface area contributed by atoms with E-state index in [-0.39, 0.29) is 5.97 Å². The third kappa shape index (κ3) is 7.53. The summed E-state index contributed by atoms with van der Waals surface area (Å²) in [6, 6.07) is 0. The maximum absolute atomic E-state index is 11.1. The molecule has 0 heterocycles. The predicted octanol–water partition coefficient (Wildman–Crippen LogP) is 2.58. The molecule has 0 rings (SSSR count). The SMILES string of the molecule is CC(C)/C=C/C(=O)O[Si](C)(C)C. The highest BCUT2D eigenvalue weighted by Crippen LogP contribution is 2.04. The standard InChI is InChI=1S/C9H18O2Si/c1-8(2)6-7-9(10)11-12(3,4)5/h6-8H,1-5H3/b7-6+. The van der Waals surface area contributed by atoms with Crippen LogP contribution in [0.2, 0.25) is 19.6 Å². The van der Waals surface area contributed by atoms with Gasteiger partial charge in [-0.25, -0.2) is 4.79 Å². The largest absolute Gasteiger partial charge is 0.517 e. The highest BCUT2D eigenvalue weighted by Gasteiger charge is 2.17. The van der Waals surface area contributed by atoms with Crippen LogP contribution in [0.4, 0.5) is 0 Å². The van der Waals surface area contributed by atoms with Gasteiger partial charge >= 0.3 is 5.97 Å². The van der Waals surface area contributed by atoms with Crippen LogP contribution in [0.25, 0.3) is 0 Å². The van der Waals surface area contributed by atoms with Gasteiger partial charge in [0.25, 0.3) is 0 Å².